The zero-order valence-electron chi connectivity index (χ0n) is 19.5. The monoisotopic (exact) mass is 544 g/mol. The Bertz CT molecular complexity index is 1250. The predicted octanol–water partition coefficient (Wildman–Crippen LogP) is 1.08. The largest absolute Gasteiger partial charge is 0.394 e. The fourth-order valence-corrected chi connectivity index (χ4v) is 4.78. The first-order chi connectivity index (χ1) is 17.8. The van der Waals surface area contributed by atoms with Crippen LogP contribution in [0.1, 0.15) is 11.7 Å². The van der Waals surface area contributed by atoms with Gasteiger partial charge in [-0.2, -0.15) is 0 Å². The minimum absolute atomic E-state index is 0.000825. The van der Waals surface area contributed by atoms with Crippen LogP contribution in [0.3, 0.4) is 0 Å². The second-order valence-electron chi connectivity index (χ2n) is 9.09. The molecule has 1 aromatic carbocycles. The van der Waals surface area contributed by atoms with Gasteiger partial charge in [-0.05, 0) is 12.1 Å². The number of rotatable bonds is 8. The third-order valence-corrected chi connectivity index (χ3v) is 7.08. The van der Waals surface area contributed by atoms with Gasteiger partial charge >= 0.3 is 0 Å². The van der Waals surface area contributed by atoms with Crippen molar-refractivity contribution in [2.75, 3.05) is 33.6 Å². The smallest absolute Gasteiger partial charge is 0.178 e. The van der Waals surface area contributed by atoms with Gasteiger partial charge in [-0.25, -0.2) is 22.5 Å². The molecule has 0 aliphatic carbocycles. The van der Waals surface area contributed by atoms with Crippen molar-refractivity contribution in [1.29, 1.82) is 0 Å². The maximum atomic E-state index is 14.5. The number of aliphatic hydroxyl groups excluding tert-OH is 2. The quantitative estimate of drug-likeness (QED) is 0.400. The molecule has 2 aliphatic heterocycles. The van der Waals surface area contributed by atoms with Gasteiger partial charge in [0.05, 0.1) is 42.8 Å². The van der Waals surface area contributed by atoms with Crippen LogP contribution >= 0.6 is 11.6 Å². The van der Waals surface area contributed by atoms with E-state index in [4.69, 9.17) is 25.8 Å². The van der Waals surface area contributed by atoms with Crippen molar-refractivity contribution in [3.8, 4) is 11.3 Å². The van der Waals surface area contributed by atoms with Crippen LogP contribution in [0.25, 0.3) is 11.3 Å². The summed E-state index contributed by atoms with van der Waals surface area (Å²) in [4.78, 5) is 0. The molecule has 200 valence electrons. The summed E-state index contributed by atoms with van der Waals surface area (Å²) < 4.78 is 61.5. The van der Waals surface area contributed by atoms with Gasteiger partial charge in [0.1, 0.15) is 42.3 Å². The number of halogens is 4. The normalized spacial score (nSPS) is 27.3. The molecule has 4 heterocycles. The first-order valence-electron chi connectivity index (χ1n) is 11.4. The van der Waals surface area contributed by atoms with Gasteiger partial charge in [-0.1, -0.05) is 22.0 Å². The van der Waals surface area contributed by atoms with Gasteiger partial charge in [0.15, 0.2) is 11.6 Å². The van der Waals surface area contributed by atoms with Crippen LogP contribution in [-0.4, -0.2) is 98.2 Å². The van der Waals surface area contributed by atoms with Gasteiger partial charge in [0.25, 0.3) is 0 Å². The van der Waals surface area contributed by atoms with E-state index in [1.54, 1.807) is 6.20 Å². The van der Waals surface area contributed by atoms with Crippen LogP contribution in [0.5, 0.6) is 0 Å². The van der Waals surface area contributed by atoms with Crippen molar-refractivity contribution in [1.82, 2.24) is 30.0 Å². The van der Waals surface area contributed by atoms with E-state index in [2.05, 4.69) is 20.6 Å². The molecule has 2 fully saturated rings. The zero-order valence-corrected chi connectivity index (χ0v) is 20.3. The zero-order chi connectivity index (χ0) is 26.3. The Kier molecular flexibility index (Phi) is 7.22. The maximum absolute atomic E-state index is 14.5. The molecule has 2 N–H and O–H groups in total. The molecule has 37 heavy (non-hydrogen) atoms. The molecule has 0 unspecified atom stereocenters. The van der Waals surface area contributed by atoms with E-state index in [0.717, 1.165) is 0 Å². The van der Waals surface area contributed by atoms with E-state index in [-0.39, 0.29) is 35.9 Å². The topological polar surface area (TPSA) is 130 Å². The molecule has 5 rings (SSSR count). The van der Waals surface area contributed by atoms with Crippen molar-refractivity contribution >= 4 is 11.6 Å². The first-order valence-corrected chi connectivity index (χ1v) is 11.8. The van der Waals surface area contributed by atoms with E-state index in [1.807, 2.05) is 0 Å². The lowest BCUT2D eigenvalue weighted by molar-refractivity contribution is -0.212. The van der Waals surface area contributed by atoms with Gasteiger partial charge < -0.3 is 24.4 Å². The standard InChI is InChI=1S/C22H24ClF3N6O5/c1-35-21-15(4-11-5-32(30-27-11)22(8-24)9-36-10-22)37-16(7-33)20(34)19(21)31-6-14(28-29-31)12-2-3-13(23)18(26)17(12)25/h2-3,5-6,15-16,19-21,33-34H,4,7-10H2,1H3/t15-,16-,19+,20+,21+/m1/s1. The Balaban J connectivity index is 1.43. The summed E-state index contributed by atoms with van der Waals surface area (Å²) in [6.45, 7) is -0.816. The Hall–Kier alpha value is -2.62. The summed E-state index contributed by atoms with van der Waals surface area (Å²) >= 11 is 5.64. The Labute approximate surface area is 213 Å². The van der Waals surface area contributed by atoms with Crippen molar-refractivity contribution in [3.63, 3.8) is 0 Å². The summed E-state index contributed by atoms with van der Waals surface area (Å²) in [7, 11) is 1.41. The lowest BCUT2D eigenvalue weighted by Crippen LogP contribution is -2.57. The van der Waals surface area contributed by atoms with E-state index in [0.29, 0.717) is 5.69 Å². The Morgan fingerprint density at radius 2 is 1.95 bits per heavy atom. The first kappa shape index (κ1) is 26.0. The lowest BCUT2D eigenvalue weighted by atomic mass is 9.90. The van der Waals surface area contributed by atoms with Crippen LogP contribution in [0, 0.1) is 11.6 Å². The second kappa shape index (κ2) is 10.3. The van der Waals surface area contributed by atoms with Crippen molar-refractivity contribution < 1.29 is 37.6 Å². The number of aliphatic hydroxyl groups is 2. The molecule has 0 saturated carbocycles. The molecule has 2 saturated heterocycles. The molecule has 0 amide bonds. The van der Waals surface area contributed by atoms with Crippen LogP contribution in [0.15, 0.2) is 24.5 Å². The van der Waals surface area contributed by atoms with Gasteiger partial charge in [-0.3, -0.25) is 0 Å². The Morgan fingerprint density at radius 1 is 1.16 bits per heavy atom. The fraction of sp³-hybridized carbons (Fsp3) is 0.545. The molecular weight excluding hydrogens is 521 g/mol. The molecule has 15 heteroatoms. The SMILES string of the molecule is CO[C@@H]1[C@@H](n2cc(-c3ccc(Cl)c(F)c3F)nn2)[C@@H](O)[C@@H](CO)O[C@@H]1Cc1cn(C2(CF)COC2)nn1. The maximum Gasteiger partial charge on any atom is 0.178 e. The molecule has 2 aromatic heterocycles. The van der Waals surface area contributed by atoms with E-state index < -0.39 is 60.9 Å². The highest BCUT2D eigenvalue weighted by atomic mass is 35.5. The van der Waals surface area contributed by atoms with E-state index in [1.165, 1.54) is 34.8 Å². The second-order valence-corrected chi connectivity index (χ2v) is 9.50. The lowest BCUT2D eigenvalue weighted by Gasteiger charge is -2.43. The summed E-state index contributed by atoms with van der Waals surface area (Å²) in [5.74, 6) is -2.40. The molecular formula is C22H24ClF3N6O5. The van der Waals surface area contributed by atoms with Crippen molar-refractivity contribution in [2.24, 2.45) is 0 Å². The van der Waals surface area contributed by atoms with Gasteiger partial charge in [0.2, 0.25) is 0 Å². The van der Waals surface area contributed by atoms with Crippen LogP contribution in [0.4, 0.5) is 13.2 Å². The average molecular weight is 545 g/mol. The van der Waals surface area contributed by atoms with E-state index in [9.17, 15) is 23.4 Å². The summed E-state index contributed by atoms with van der Waals surface area (Å²) in [5, 5.41) is 36.6. The van der Waals surface area contributed by atoms with Gasteiger partial charge in [0, 0.05) is 25.3 Å². The minimum atomic E-state index is -1.29. The average Bonchev–Trinajstić information content (AvgIpc) is 3.53. The van der Waals surface area contributed by atoms with Crippen molar-refractivity contribution in [3.05, 3.63) is 46.9 Å². The number of methoxy groups -OCH3 is 1. The number of ether oxygens (including phenoxy) is 3. The number of benzene rings is 1. The number of aromatic nitrogens is 6. The highest BCUT2D eigenvalue weighted by molar-refractivity contribution is 6.30. The Morgan fingerprint density at radius 3 is 2.59 bits per heavy atom. The molecule has 3 aromatic rings. The number of nitrogens with zero attached hydrogens (tertiary/aromatic N) is 6. The molecule has 0 bridgehead atoms. The summed E-state index contributed by atoms with van der Waals surface area (Å²) in [6.07, 6.45) is -0.794. The highest BCUT2D eigenvalue weighted by Crippen LogP contribution is 2.35. The van der Waals surface area contributed by atoms with E-state index >= 15 is 0 Å². The minimum Gasteiger partial charge on any atom is -0.394 e. The molecule has 0 radical (unpaired) electrons. The van der Waals surface area contributed by atoms with Gasteiger partial charge in [-0.15, -0.1) is 10.2 Å². The molecule has 11 nitrogen and oxygen atoms in total. The third-order valence-electron chi connectivity index (χ3n) is 6.79. The summed E-state index contributed by atoms with van der Waals surface area (Å²) in [5.41, 5.74) is -0.589. The molecule has 5 atom stereocenters. The fourth-order valence-electron chi connectivity index (χ4n) is 4.64. The summed E-state index contributed by atoms with van der Waals surface area (Å²) in [6, 6.07) is 1.54. The van der Waals surface area contributed by atoms with Crippen molar-refractivity contribution in [2.45, 2.75) is 42.4 Å². The number of hydrogen-bond donors (Lipinski definition) is 2. The number of hydrogen-bond acceptors (Lipinski definition) is 9. The van der Waals surface area contributed by atoms with Crippen LogP contribution in [0.2, 0.25) is 5.02 Å². The number of alkyl halides is 1. The molecule has 2 aliphatic rings. The highest BCUT2D eigenvalue weighted by Gasteiger charge is 2.48. The third kappa shape index (κ3) is 4.51. The molecule has 0 spiro atoms. The van der Waals surface area contributed by atoms with Crippen LogP contribution < -0.4 is 0 Å². The van der Waals surface area contributed by atoms with Crippen LogP contribution in [-0.2, 0) is 26.2 Å². The predicted molar refractivity (Wildman–Crippen MR) is 120 cm³/mol.